The predicted octanol–water partition coefficient (Wildman–Crippen LogP) is 28.3. The van der Waals surface area contributed by atoms with E-state index in [1.807, 2.05) is 0 Å². The molecule has 6 heteroatoms. The third-order valence-electron chi connectivity index (χ3n) is 14.9. The van der Waals surface area contributed by atoms with Gasteiger partial charge < -0.3 is 27.7 Å². The maximum absolute atomic E-state index is 3.60. The van der Waals surface area contributed by atoms with Gasteiger partial charge in [0.25, 0.3) is 0 Å². The summed E-state index contributed by atoms with van der Waals surface area (Å²) in [6.07, 6.45) is 12.1. The fraction of sp³-hybridized carbons (Fsp3) is 0.289. The van der Waals surface area contributed by atoms with Crippen molar-refractivity contribution in [1.29, 1.82) is 0 Å². The molecule has 0 N–H and O–H groups in total. The molecule has 0 unspecified atom stereocenters. The molecule has 0 aliphatic rings. The summed E-state index contributed by atoms with van der Waals surface area (Å²) in [7, 11) is 6.10. The van der Waals surface area contributed by atoms with Crippen molar-refractivity contribution in [3.8, 4) is 44.5 Å². The van der Waals surface area contributed by atoms with Gasteiger partial charge in [0.2, 0.25) is 0 Å². The van der Waals surface area contributed by atoms with E-state index >= 15 is 0 Å². The zero-order valence-electron chi connectivity index (χ0n) is 61.4. The van der Waals surface area contributed by atoms with E-state index < -0.39 is 0 Å². The second-order valence-electron chi connectivity index (χ2n) is 23.9. The minimum Gasteiger partial charge on any atom is -0.343 e. The van der Waals surface area contributed by atoms with Crippen molar-refractivity contribution in [3.63, 3.8) is 0 Å². The first-order valence-corrected chi connectivity index (χ1v) is 41.7. The zero-order valence-corrected chi connectivity index (χ0v) is 72.6. The molecule has 0 fully saturated rings. The summed E-state index contributed by atoms with van der Waals surface area (Å²) in [6.45, 7) is 44.7. The SMILES string of the molecule is C[Si].C[Si].C[Si](C)CCCC[Si](C)C.Cc1cc2c(-c3ccccc3)cccc2[cH-]1.Cc1cc2c(-c3ccccc3)cccc2[cH-]1.Cc1cc2c(-c3ccccc3)cccc2[cH-]1.Cc1cc2c(-c3ccccc3)cccc2[cH-]1.[CH2-]CCC.[CH2-]CCC.[CH2-]CCC.[CH2-]CCC.[Hf+4].[Hf+4]. The van der Waals surface area contributed by atoms with Crippen LogP contribution in [0.2, 0.25) is 51.4 Å². The van der Waals surface area contributed by atoms with Crippen molar-refractivity contribution in [2.75, 3.05) is 0 Å². The van der Waals surface area contributed by atoms with Crippen LogP contribution in [0.1, 0.15) is 114 Å². The van der Waals surface area contributed by atoms with E-state index in [0.29, 0.717) is 0 Å². The summed E-state index contributed by atoms with van der Waals surface area (Å²) in [5.74, 6) is 0. The van der Waals surface area contributed by atoms with Gasteiger partial charge in [0, 0.05) is 38.1 Å². The molecule has 96 heavy (non-hydrogen) atoms. The zero-order chi connectivity index (χ0) is 69.5. The number of hydrogen-bond donors (Lipinski definition) is 0. The summed E-state index contributed by atoms with van der Waals surface area (Å²) >= 11 is 0. The molecular weight excluding hydrogens is 1550 g/mol. The Hall–Kier alpha value is -5.19. The number of aryl methyl sites for hydroxylation is 4. The molecule has 0 aliphatic heterocycles. The summed E-state index contributed by atoms with van der Waals surface area (Å²) < 4.78 is 0. The Bertz CT molecular complexity index is 3260. The largest absolute Gasteiger partial charge is 4.00 e. The third kappa shape index (κ3) is 34.0. The number of unbranched alkanes of at least 4 members (excludes halogenated alkanes) is 5. The van der Waals surface area contributed by atoms with Crippen LogP contribution >= 0.6 is 0 Å². The Morgan fingerprint density at radius 2 is 0.469 bits per heavy atom. The summed E-state index contributed by atoms with van der Waals surface area (Å²) in [6, 6.07) is 89.3. The van der Waals surface area contributed by atoms with Gasteiger partial charge in [0.05, 0.1) is 0 Å². The first-order valence-electron chi connectivity index (χ1n) is 34.3. The van der Waals surface area contributed by atoms with Crippen molar-refractivity contribution in [2.24, 2.45) is 0 Å². The Morgan fingerprint density at radius 3 is 0.625 bits per heavy atom. The van der Waals surface area contributed by atoms with Gasteiger partial charge in [-0.3, -0.25) is 0 Å². The molecular formula is C90H114Hf2Si4. The van der Waals surface area contributed by atoms with E-state index in [9.17, 15) is 0 Å². The first kappa shape index (κ1) is 90.8. The predicted molar refractivity (Wildman–Crippen MR) is 437 cm³/mol. The van der Waals surface area contributed by atoms with Crippen LogP contribution in [0.5, 0.6) is 0 Å². The molecule has 12 rings (SSSR count). The van der Waals surface area contributed by atoms with Gasteiger partial charge in [-0.05, 0) is 22.3 Å². The molecule has 0 saturated heterocycles. The standard InChI is InChI=1S/4C16H13.C8H20Si2.4C4H9.2CH3Si.2Hf/c4*1-12-10-14-8-5-9-15(16(14)11-12)13-6-3-2-4-7-13;1-9(2)7-5-6-8-10(3)4;4*1-3-4-2;2*1-2;;/h4*2-11H,1H3;5-8H2,1-4H3;4*1,3-4H2,2H3;2*1H3;;/q4*-1;;4*-1;;;2*+4. The summed E-state index contributed by atoms with van der Waals surface area (Å²) in [5, 5.41) is 10.7. The van der Waals surface area contributed by atoms with Gasteiger partial charge in [-0.15, -0.1) is 138 Å². The number of benzene rings is 8. The minimum atomic E-state index is 0. The number of hydrogen-bond acceptors (Lipinski definition) is 0. The average Bonchev–Trinajstić information content (AvgIpc) is 1.64. The average molecular weight is 1670 g/mol. The monoisotopic (exact) mass is 1670 g/mol. The van der Waals surface area contributed by atoms with E-state index in [1.165, 1.54) is 160 Å². The van der Waals surface area contributed by atoms with Crippen LogP contribution in [0.3, 0.4) is 0 Å². The van der Waals surface area contributed by atoms with Crippen molar-refractivity contribution < 1.29 is 51.7 Å². The summed E-state index contributed by atoms with van der Waals surface area (Å²) in [4.78, 5) is 0. The number of rotatable bonds is 13. The quantitative estimate of drug-likeness (QED) is 0.0613. The molecule has 498 valence electrons. The van der Waals surface area contributed by atoms with Gasteiger partial charge >= 0.3 is 51.7 Å². The Morgan fingerprint density at radius 1 is 0.292 bits per heavy atom. The molecule has 8 radical (unpaired) electrons. The third-order valence-corrected chi connectivity index (χ3v) is 17.6. The fourth-order valence-corrected chi connectivity index (χ4v) is 11.9. The topological polar surface area (TPSA) is 0 Å². The van der Waals surface area contributed by atoms with Gasteiger partial charge in [-0.2, -0.15) is 49.9 Å². The molecule has 0 spiro atoms. The van der Waals surface area contributed by atoms with Crippen LogP contribution in [0.15, 0.2) is 243 Å². The van der Waals surface area contributed by atoms with E-state index in [4.69, 9.17) is 0 Å². The Balaban J connectivity index is 0.00000110. The Labute approximate surface area is 635 Å². The van der Waals surface area contributed by atoms with E-state index in [-0.39, 0.29) is 69.3 Å². The van der Waals surface area contributed by atoms with Gasteiger partial charge in [-0.1, -0.05) is 313 Å². The molecule has 0 saturated carbocycles. The van der Waals surface area contributed by atoms with Crippen molar-refractivity contribution >= 4 is 81.2 Å². The van der Waals surface area contributed by atoms with Crippen LogP contribution in [-0.4, -0.2) is 38.1 Å². The molecule has 0 heterocycles. The molecule has 12 aromatic carbocycles. The van der Waals surface area contributed by atoms with Crippen LogP contribution in [0, 0.1) is 55.4 Å². The molecule has 0 aliphatic carbocycles. The van der Waals surface area contributed by atoms with Gasteiger partial charge in [-0.25, -0.2) is 0 Å². The van der Waals surface area contributed by atoms with Crippen LogP contribution in [-0.2, 0) is 51.7 Å². The Kier molecular flexibility index (Phi) is 52.6. The van der Waals surface area contributed by atoms with Crippen LogP contribution < -0.4 is 0 Å². The normalized spacial score (nSPS) is 9.77. The van der Waals surface area contributed by atoms with Crippen molar-refractivity contribution in [2.45, 2.75) is 171 Å². The van der Waals surface area contributed by atoms with Gasteiger partial charge in [0.15, 0.2) is 0 Å². The molecule has 12 aromatic rings. The second-order valence-corrected chi connectivity index (χ2v) is 29.7. The maximum Gasteiger partial charge on any atom is 4.00 e. The molecule has 0 bridgehead atoms. The molecule has 0 nitrogen and oxygen atoms in total. The first-order chi connectivity index (χ1) is 45.7. The van der Waals surface area contributed by atoms with E-state index in [0.717, 1.165) is 25.7 Å². The fourth-order valence-electron chi connectivity index (χ4n) is 9.97. The van der Waals surface area contributed by atoms with E-state index in [2.05, 4.69) is 372 Å². The number of fused-ring (bicyclic) bond motifs is 4. The minimum absolute atomic E-state index is 0. The smallest absolute Gasteiger partial charge is 0.343 e. The molecule has 0 aromatic heterocycles. The van der Waals surface area contributed by atoms with Crippen LogP contribution in [0.25, 0.3) is 87.6 Å². The molecule has 0 amide bonds. The molecule has 0 atom stereocenters. The maximum atomic E-state index is 3.60. The van der Waals surface area contributed by atoms with Crippen molar-refractivity contribution in [3.05, 3.63) is 293 Å². The van der Waals surface area contributed by atoms with Crippen molar-refractivity contribution in [1.82, 2.24) is 0 Å². The van der Waals surface area contributed by atoms with Gasteiger partial charge in [0.1, 0.15) is 0 Å². The summed E-state index contributed by atoms with van der Waals surface area (Å²) in [5.41, 5.74) is 15.8. The second kappa shape index (κ2) is 55.7. The van der Waals surface area contributed by atoms with E-state index in [1.54, 1.807) is 13.1 Å². The van der Waals surface area contributed by atoms with Crippen LogP contribution in [0.4, 0.5) is 0 Å².